The molecule has 124 valence electrons. The molecule has 1 aromatic carbocycles. The Hall–Kier alpha value is -2.60. The molecule has 0 aliphatic heterocycles. The van der Waals surface area contributed by atoms with Crippen LogP contribution in [0.3, 0.4) is 0 Å². The third-order valence-corrected chi connectivity index (χ3v) is 4.10. The summed E-state index contributed by atoms with van der Waals surface area (Å²) in [6, 6.07) is 4.11. The van der Waals surface area contributed by atoms with Crippen LogP contribution in [-0.4, -0.2) is 22.5 Å². The Balaban J connectivity index is 2.95. The fraction of sp³-hybridized carbons (Fsp3) is 0.267. The van der Waals surface area contributed by atoms with Gasteiger partial charge in [0.25, 0.3) is 5.69 Å². The zero-order valence-electron chi connectivity index (χ0n) is 12.7. The molecule has 24 heavy (non-hydrogen) atoms. The van der Waals surface area contributed by atoms with Gasteiger partial charge in [-0.2, -0.15) is 5.26 Å². The van der Waals surface area contributed by atoms with Gasteiger partial charge in [-0.1, -0.05) is 0 Å². The second-order valence-electron chi connectivity index (χ2n) is 5.02. The van der Waals surface area contributed by atoms with Crippen molar-refractivity contribution < 1.29 is 18.8 Å². The summed E-state index contributed by atoms with van der Waals surface area (Å²) < 4.78 is 18.6. The lowest BCUT2D eigenvalue weighted by molar-refractivity contribution is -0.386. The molecule has 1 aromatic heterocycles. The molecule has 0 radical (unpaired) electrons. The maximum Gasteiger partial charge on any atom is 0.331 e. The van der Waals surface area contributed by atoms with Crippen LogP contribution in [0, 0.1) is 27.3 Å². The summed E-state index contributed by atoms with van der Waals surface area (Å²) in [4.78, 5) is 26.8. The highest BCUT2D eigenvalue weighted by atomic mass is 79.9. The Bertz CT molecular complexity index is 896. The van der Waals surface area contributed by atoms with E-state index < -0.39 is 27.8 Å². The van der Waals surface area contributed by atoms with Gasteiger partial charge >= 0.3 is 5.97 Å². The lowest BCUT2D eigenvalue weighted by Gasteiger charge is -2.21. The van der Waals surface area contributed by atoms with Crippen LogP contribution in [-0.2, 0) is 14.9 Å². The number of benzene rings is 1. The van der Waals surface area contributed by atoms with Crippen molar-refractivity contribution in [2.24, 2.45) is 0 Å². The van der Waals surface area contributed by atoms with Crippen molar-refractivity contribution in [3.05, 3.63) is 44.3 Å². The van der Waals surface area contributed by atoms with Crippen LogP contribution in [0.5, 0.6) is 0 Å². The second-order valence-corrected chi connectivity index (χ2v) is 5.87. The standard InChI is InChI=1S/C15H11BrFN3O4/c1-3-24-14(21)15(2,7-18)13-8-4-9(16)10(17)5-11(8)19-6-12(13)20(22)23/h4-6H,3H2,1-2H3. The van der Waals surface area contributed by atoms with Gasteiger partial charge in [-0.05, 0) is 35.8 Å². The molecule has 1 atom stereocenters. The number of hydrogen-bond acceptors (Lipinski definition) is 6. The molecule has 7 nitrogen and oxygen atoms in total. The van der Waals surface area contributed by atoms with Crippen LogP contribution >= 0.6 is 15.9 Å². The number of pyridine rings is 1. The smallest absolute Gasteiger partial charge is 0.331 e. The topological polar surface area (TPSA) is 106 Å². The molecule has 2 aromatic rings. The van der Waals surface area contributed by atoms with E-state index in [1.807, 2.05) is 0 Å². The maximum atomic E-state index is 13.7. The van der Waals surface area contributed by atoms with Crippen LogP contribution < -0.4 is 0 Å². The number of esters is 1. The van der Waals surface area contributed by atoms with Crippen LogP contribution in [0.25, 0.3) is 10.9 Å². The van der Waals surface area contributed by atoms with Crippen molar-refractivity contribution in [2.75, 3.05) is 6.61 Å². The Morgan fingerprint density at radius 2 is 2.25 bits per heavy atom. The molecular weight excluding hydrogens is 385 g/mol. The van der Waals surface area contributed by atoms with Crippen LogP contribution in [0.15, 0.2) is 22.8 Å². The van der Waals surface area contributed by atoms with Gasteiger partial charge in [0.2, 0.25) is 0 Å². The van der Waals surface area contributed by atoms with E-state index in [2.05, 4.69) is 20.9 Å². The van der Waals surface area contributed by atoms with Gasteiger partial charge in [0.05, 0.1) is 33.2 Å². The highest BCUT2D eigenvalue weighted by Crippen LogP contribution is 2.39. The zero-order valence-corrected chi connectivity index (χ0v) is 14.3. The summed E-state index contributed by atoms with van der Waals surface area (Å²) in [5.74, 6) is -1.55. The third kappa shape index (κ3) is 2.80. The molecule has 1 unspecified atom stereocenters. The fourth-order valence-electron chi connectivity index (χ4n) is 2.32. The molecule has 0 spiro atoms. The Kier molecular flexibility index (Phi) is 4.80. The van der Waals surface area contributed by atoms with Crippen molar-refractivity contribution in [3.8, 4) is 6.07 Å². The number of rotatable bonds is 4. The molecule has 0 aliphatic carbocycles. The summed E-state index contributed by atoms with van der Waals surface area (Å²) in [5.41, 5.74) is -2.56. The van der Waals surface area contributed by atoms with E-state index in [1.165, 1.54) is 13.0 Å². The Labute approximate surface area is 144 Å². The molecule has 1 heterocycles. The highest BCUT2D eigenvalue weighted by Gasteiger charge is 2.44. The third-order valence-electron chi connectivity index (χ3n) is 3.49. The van der Waals surface area contributed by atoms with Gasteiger partial charge in [0.1, 0.15) is 12.0 Å². The molecule has 0 fully saturated rings. The van der Waals surface area contributed by atoms with Gasteiger partial charge < -0.3 is 4.74 Å². The van der Waals surface area contributed by atoms with Crippen molar-refractivity contribution in [1.29, 1.82) is 5.26 Å². The van der Waals surface area contributed by atoms with Gasteiger partial charge in [-0.3, -0.25) is 10.1 Å². The highest BCUT2D eigenvalue weighted by molar-refractivity contribution is 9.10. The normalized spacial score (nSPS) is 13.1. The SMILES string of the molecule is CCOC(=O)C(C)(C#N)c1c([N+](=O)[O-])cnc2cc(F)c(Br)cc12. The first-order valence-corrected chi connectivity index (χ1v) is 7.56. The van der Waals surface area contributed by atoms with Crippen molar-refractivity contribution in [2.45, 2.75) is 19.3 Å². The quantitative estimate of drug-likeness (QED) is 0.446. The average Bonchev–Trinajstić information content (AvgIpc) is 2.54. The molecular formula is C15H11BrFN3O4. The number of aromatic nitrogens is 1. The molecule has 9 heteroatoms. The number of halogens is 2. The maximum absolute atomic E-state index is 13.7. The minimum atomic E-state index is -1.95. The van der Waals surface area contributed by atoms with E-state index in [0.29, 0.717) is 0 Å². The van der Waals surface area contributed by atoms with E-state index >= 15 is 0 Å². The number of fused-ring (bicyclic) bond motifs is 1. The van der Waals surface area contributed by atoms with E-state index in [9.17, 15) is 24.6 Å². The summed E-state index contributed by atoms with van der Waals surface area (Å²) in [5, 5.41) is 21.0. The van der Waals surface area contributed by atoms with E-state index in [-0.39, 0.29) is 27.5 Å². The minimum absolute atomic E-state index is 0.00520. The molecule has 2 rings (SSSR count). The number of nitriles is 1. The van der Waals surface area contributed by atoms with E-state index in [1.54, 1.807) is 13.0 Å². The number of nitro groups is 1. The average molecular weight is 396 g/mol. The summed E-state index contributed by atoms with van der Waals surface area (Å²) in [6.07, 6.45) is 0.903. The predicted octanol–water partition coefficient (Wildman–Crippen LogP) is 3.39. The lowest BCUT2D eigenvalue weighted by Crippen LogP contribution is -2.34. The number of carbonyl (C=O) groups excluding carboxylic acids is 1. The summed E-state index contributed by atoms with van der Waals surface area (Å²) >= 11 is 3.00. The second kappa shape index (κ2) is 6.49. The number of nitrogens with zero attached hydrogens (tertiary/aromatic N) is 3. The summed E-state index contributed by atoms with van der Waals surface area (Å²) in [6.45, 7) is 2.79. The van der Waals surface area contributed by atoms with Crippen LogP contribution in [0.4, 0.5) is 10.1 Å². The van der Waals surface area contributed by atoms with Crippen molar-refractivity contribution in [3.63, 3.8) is 0 Å². The molecule has 0 bridgehead atoms. The van der Waals surface area contributed by atoms with Crippen molar-refractivity contribution >= 4 is 38.5 Å². The van der Waals surface area contributed by atoms with Crippen LogP contribution in [0.1, 0.15) is 19.4 Å². The fourth-order valence-corrected chi connectivity index (χ4v) is 2.66. The van der Waals surface area contributed by atoms with E-state index in [0.717, 1.165) is 12.3 Å². The number of hydrogen-bond donors (Lipinski definition) is 0. The molecule has 0 N–H and O–H groups in total. The zero-order chi connectivity index (χ0) is 18.1. The molecule has 0 saturated heterocycles. The van der Waals surface area contributed by atoms with Gasteiger partial charge in [-0.15, -0.1) is 0 Å². The Morgan fingerprint density at radius 1 is 1.58 bits per heavy atom. The minimum Gasteiger partial charge on any atom is -0.465 e. The largest absolute Gasteiger partial charge is 0.465 e. The van der Waals surface area contributed by atoms with Gasteiger partial charge in [0, 0.05) is 11.5 Å². The Morgan fingerprint density at radius 3 is 2.79 bits per heavy atom. The van der Waals surface area contributed by atoms with Gasteiger partial charge in [0.15, 0.2) is 5.41 Å². The molecule has 0 aliphatic rings. The van der Waals surface area contributed by atoms with E-state index in [4.69, 9.17) is 4.74 Å². The first-order chi connectivity index (χ1) is 11.3. The summed E-state index contributed by atoms with van der Waals surface area (Å²) in [7, 11) is 0. The van der Waals surface area contributed by atoms with Crippen molar-refractivity contribution in [1.82, 2.24) is 4.98 Å². The van der Waals surface area contributed by atoms with Gasteiger partial charge in [-0.25, -0.2) is 14.2 Å². The molecule has 0 saturated carbocycles. The number of carbonyl (C=O) groups is 1. The monoisotopic (exact) mass is 395 g/mol. The first-order valence-electron chi connectivity index (χ1n) is 6.77. The van der Waals surface area contributed by atoms with Crippen LogP contribution in [0.2, 0.25) is 0 Å². The first kappa shape index (κ1) is 17.7. The predicted molar refractivity (Wildman–Crippen MR) is 85.7 cm³/mol. The number of ether oxygens (including phenoxy) is 1. The molecule has 0 amide bonds. The lowest BCUT2D eigenvalue weighted by atomic mass is 9.81.